The summed E-state index contributed by atoms with van der Waals surface area (Å²) in [6.45, 7) is 0.632. The Balaban J connectivity index is 2.38. The van der Waals surface area contributed by atoms with Crippen LogP contribution in [-0.4, -0.2) is 51.3 Å². The summed E-state index contributed by atoms with van der Waals surface area (Å²) in [4.78, 5) is 7.61. The number of hydrogen-bond donors (Lipinski definition) is 0. The average Bonchev–Trinajstić information content (AvgIpc) is 2.53. The molecule has 0 saturated carbocycles. The largest absolute Gasteiger partial charge is 0.534 e. The minimum absolute atomic E-state index is 0.0901. The highest BCUT2D eigenvalue weighted by Gasteiger charge is 2.49. The van der Waals surface area contributed by atoms with Crippen molar-refractivity contribution in [1.29, 1.82) is 0 Å². The molecule has 0 N–H and O–H groups in total. The van der Waals surface area contributed by atoms with Crippen LogP contribution in [0.15, 0.2) is 18.2 Å². The molecule has 2 rings (SSSR count). The lowest BCUT2D eigenvalue weighted by molar-refractivity contribution is -0.0501. The molecule has 0 aliphatic rings. The molecule has 25 heavy (non-hydrogen) atoms. The van der Waals surface area contributed by atoms with E-state index in [1.54, 1.807) is 0 Å². The van der Waals surface area contributed by atoms with Crippen molar-refractivity contribution in [3.05, 3.63) is 18.2 Å². The maximum Gasteiger partial charge on any atom is 0.534 e. The van der Waals surface area contributed by atoms with Gasteiger partial charge in [0.2, 0.25) is 0 Å². The number of aromatic nitrogens is 2. The topological polar surface area (TPSA) is 96.8 Å². The van der Waals surface area contributed by atoms with Crippen LogP contribution >= 0.6 is 0 Å². The molecule has 8 nitrogen and oxygen atoms in total. The van der Waals surface area contributed by atoms with Crippen LogP contribution in [0.25, 0.3) is 11.0 Å². The monoisotopic (exact) mass is 382 g/mol. The molecule has 0 unspecified atom stereocenters. The zero-order chi connectivity index (χ0) is 18.7. The van der Waals surface area contributed by atoms with Gasteiger partial charge in [-0.15, -0.1) is 0 Å². The first-order valence-electron chi connectivity index (χ1n) is 6.66. The van der Waals surface area contributed by atoms with Crippen LogP contribution in [-0.2, 0) is 14.9 Å². The fourth-order valence-electron chi connectivity index (χ4n) is 1.67. The second kappa shape index (κ2) is 7.27. The molecule has 0 fully saturated rings. The summed E-state index contributed by atoms with van der Waals surface area (Å²) in [5.41, 5.74) is -5.30. The number of nitrogens with zero attached hydrogens (tertiary/aromatic N) is 2. The molecule has 1 heterocycles. The van der Waals surface area contributed by atoms with E-state index in [9.17, 15) is 21.6 Å². The third-order valence-corrected chi connectivity index (χ3v) is 3.74. The van der Waals surface area contributed by atoms with Gasteiger partial charge in [0.05, 0.1) is 24.8 Å². The van der Waals surface area contributed by atoms with Crippen LogP contribution in [0, 0.1) is 0 Å². The number of fused-ring (bicyclic) bond motifs is 1. The maximum atomic E-state index is 12.4. The van der Waals surface area contributed by atoms with Crippen molar-refractivity contribution in [1.82, 2.24) is 9.97 Å². The molecule has 12 heteroatoms. The van der Waals surface area contributed by atoms with Gasteiger partial charge in [-0.3, -0.25) is 0 Å². The van der Waals surface area contributed by atoms with E-state index in [0.29, 0.717) is 12.4 Å². The summed E-state index contributed by atoms with van der Waals surface area (Å²) in [7, 11) is -3.30. The van der Waals surface area contributed by atoms with Crippen molar-refractivity contribution in [3.63, 3.8) is 0 Å². The van der Waals surface area contributed by atoms with Crippen LogP contribution in [0.1, 0.15) is 0 Å². The van der Waals surface area contributed by atoms with E-state index in [-0.39, 0.29) is 17.6 Å². The van der Waals surface area contributed by atoms with Crippen molar-refractivity contribution >= 4 is 21.2 Å². The second-order valence-electron chi connectivity index (χ2n) is 4.51. The normalized spacial score (nSPS) is 12.2. The van der Waals surface area contributed by atoms with Gasteiger partial charge in [0.1, 0.15) is 12.4 Å². The third-order valence-electron chi connectivity index (χ3n) is 2.80. The Morgan fingerprint density at radius 3 is 2.32 bits per heavy atom. The van der Waals surface area contributed by atoms with Gasteiger partial charge in [-0.2, -0.15) is 21.6 Å². The van der Waals surface area contributed by atoms with E-state index in [4.69, 9.17) is 14.2 Å². The molecule has 1 aromatic carbocycles. The fourth-order valence-corrected chi connectivity index (χ4v) is 2.08. The highest BCUT2D eigenvalue weighted by atomic mass is 32.2. The fraction of sp³-hybridized carbons (Fsp3) is 0.385. The first-order chi connectivity index (χ1) is 11.7. The van der Waals surface area contributed by atoms with Crippen LogP contribution < -0.4 is 13.7 Å². The number of ether oxygens (including phenoxy) is 3. The van der Waals surface area contributed by atoms with Gasteiger partial charge < -0.3 is 18.4 Å². The summed E-state index contributed by atoms with van der Waals surface area (Å²) in [6.07, 6.45) is 0. The SMILES string of the molecule is COCCOc1ccc2nc(OS(=O)(=O)C(F)(F)F)c(OC)nc2c1. The second-order valence-corrected chi connectivity index (χ2v) is 6.05. The number of hydrogen-bond acceptors (Lipinski definition) is 8. The Bertz CT molecular complexity index is 857. The van der Waals surface area contributed by atoms with Crippen LogP contribution in [0.5, 0.6) is 17.5 Å². The predicted molar refractivity (Wildman–Crippen MR) is 79.1 cm³/mol. The summed E-state index contributed by atoms with van der Waals surface area (Å²) in [6, 6.07) is 4.33. The van der Waals surface area contributed by atoms with Crippen molar-refractivity contribution in [2.75, 3.05) is 27.4 Å². The van der Waals surface area contributed by atoms with Gasteiger partial charge in [0.25, 0.3) is 11.8 Å². The number of methoxy groups -OCH3 is 2. The molecule has 138 valence electrons. The summed E-state index contributed by atoms with van der Waals surface area (Å²) >= 11 is 0. The van der Waals surface area contributed by atoms with E-state index in [1.807, 2.05) is 0 Å². The Labute approximate surface area is 140 Å². The van der Waals surface area contributed by atoms with Crippen LogP contribution in [0.3, 0.4) is 0 Å². The van der Waals surface area contributed by atoms with E-state index in [0.717, 1.165) is 7.11 Å². The number of halogens is 3. The minimum atomic E-state index is -5.90. The lowest BCUT2D eigenvalue weighted by Crippen LogP contribution is -2.28. The predicted octanol–water partition coefficient (Wildman–Crippen LogP) is 1.89. The number of rotatable bonds is 7. The highest BCUT2D eigenvalue weighted by Crippen LogP contribution is 2.32. The van der Waals surface area contributed by atoms with Gasteiger partial charge in [0.15, 0.2) is 0 Å². The first-order valence-corrected chi connectivity index (χ1v) is 8.07. The van der Waals surface area contributed by atoms with Gasteiger partial charge >= 0.3 is 15.6 Å². The molecule has 0 atom stereocenters. The summed E-state index contributed by atoms with van der Waals surface area (Å²) in [5.74, 6) is -1.02. The molecule has 0 aliphatic carbocycles. The molecule has 0 amide bonds. The summed E-state index contributed by atoms with van der Waals surface area (Å²) < 4.78 is 78.5. The van der Waals surface area contributed by atoms with Gasteiger partial charge in [-0.05, 0) is 12.1 Å². The molecule has 0 spiro atoms. The highest BCUT2D eigenvalue weighted by molar-refractivity contribution is 7.87. The van der Waals surface area contributed by atoms with Crippen molar-refractivity contribution in [2.24, 2.45) is 0 Å². The third kappa shape index (κ3) is 4.39. The Morgan fingerprint density at radius 2 is 1.72 bits per heavy atom. The zero-order valence-corrected chi connectivity index (χ0v) is 13.8. The zero-order valence-electron chi connectivity index (χ0n) is 13.0. The van der Waals surface area contributed by atoms with Crippen LogP contribution in [0.2, 0.25) is 0 Å². The minimum Gasteiger partial charge on any atom is -0.491 e. The standard InChI is InChI=1S/C13H13F3N2O6S/c1-21-5-6-23-8-3-4-9-10(7-8)18-11(22-2)12(17-9)24-25(19,20)13(14,15)16/h3-4,7H,5-6H2,1-2H3. The lowest BCUT2D eigenvalue weighted by Gasteiger charge is -2.12. The van der Waals surface area contributed by atoms with Crippen LogP contribution in [0.4, 0.5) is 13.2 Å². The molecular weight excluding hydrogens is 369 g/mol. The Morgan fingerprint density at radius 1 is 1.04 bits per heavy atom. The number of benzene rings is 1. The quantitative estimate of drug-likeness (QED) is 0.407. The van der Waals surface area contributed by atoms with E-state index in [2.05, 4.69) is 14.2 Å². The molecule has 0 aliphatic heterocycles. The average molecular weight is 382 g/mol. The summed E-state index contributed by atoms with van der Waals surface area (Å²) in [5, 5.41) is 0. The van der Waals surface area contributed by atoms with Gasteiger partial charge in [0, 0.05) is 13.2 Å². The van der Waals surface area contributed by atoms with Gasteiger partial charge in [-0.1, -0.05) is 0 Å². The Kier molecular flexibility index (Phi) is 5.52. The Hall–Kier alpha value is -2.34. The molecule has 0 saturated heterocycles. The van der Waals surface area contributed by atoms with E-state index < -0.39 is 27.4 Å². The molecule has 2 aromatic rings. The lowest BCUT2D eigenvalue weighted by atomic mass is 10.3. The first kappa shape index (κ1) is 19.0. The van der Waals surface area contributed by atoms with E-state index >= 15 is 0 Å². The van der Waals surface area contributed by atoms with Gasteiger partial charge in [-0.25, -0.2) is 9.97 Å². The number of alkyl halides is 3. The van der Waals surface area contributed by atoms with E-state index in [1.165, 1.54) is 25.3 Å². The maximum absolute atomic E-state index is 12.4. The van der Waals surface area contributed by atoms with Crippen molar-refractivity contribution in [2.45, 2.75) is 5.51 Å². The molecule has 1 aromatic heterocycles. The molecular formula is C13H13F3N2O6S. The van der Waals surface area contributed by atoms with Crippen molar-refractivity contribution < 1.29 is 40.0 Å². The molecule has 0 bridgehead atoms. The smallest absolute Gasteiger partial charge is 0.491 e. The molecule has 0 radical (unpaired) electrons. The van der Waals surface area contributed by atoms with Crippen molar-refractivity contribution in [3.8, 4) is 17.5 Å².